The topological polar surface area (TPSA) is 60.9 Å². The lowest BCUT2D eigenvalue weighted by molar-refractivity contribution is -0.135. The number of carbonyl (C=O) groups excluding carboxylic acids is 1. The lowest BCUT2D eigenvalue weighted by Crippen LogP contribution is -2.49. The number of rotatable bonds is 7. The molecule has 1 rings (SSSR count). The second-order valence-corrected chi connectivity index (χ2v) is 5.04. The number of benzene rings is 1. The monoisotopic (exact) mass is 292 g/mol. The van der Waals surface area contributed by atoms with Gasteiger partial charge >= 0.3 is 5.97 Å². The van der Waals surface area contributed by atoms with Gasteiger partial charge in [0.05, 0.1) is 0 Å². The zero-order valence-electron chi connectivity index (χ0n) is 13.2. The van der Waals surface area contributed by atoms with Gasteiger partial charge in [0.2, 0.25) is 5.91 Å². The minimum Gasteiger partial charge on any atom is -0.480 e. The number of aryl methyl sites for hydroxylation is 1. The highest BCUT2D eigenvalue weighted by molar-refractivity contribution is 5.87. The van der Waals surface area contributed by atoms with Crippen molar-refractivity contribution in [1.29, 1.82) is 0 Å². The number of carboxylic acids is 1. The van der Waals surface area contributed by atoms with E-state index in [-0.39, 0.29) is 12.5 Å². The van der Waals surface area contributed by atoms with E-state index < -0.39 is 12.0 Å². The summed E-state index contributed by atoms with van der Waals surface area (Å²) in [5, 5.41) is 9.12. The van der Waals surface area contributed by atoms with E-state index in [9.17, 15) is 9.59 Å². The molecular weight excluding hydrogens is 268 g/mol. The molecule has 1 amide bonds. The normalized spacial score (nSPS) is 11.8. The molecule has 5 heteroatoms. The summed E-state index contributed by atoms with van der Waals surface area (Å²) >= 11 is 0. The molecule has 0 fully saturated rings. The Labute approximate surface area is 126 Å². The van der Waals surface area contributed by atoms with Gasteiger partial charge in [0.15, 0.2) is 0 Å². The van der Waals surface area contributed by atoms with E-state index in [2.05, 4.69) is 0 Å². The number of carbonyl (C=O) groups is 2. The Morgan fingerprint density at radius 1 is 1.14 bits per heavy atom. The molecule has 21 heavy (non-hydrogen) atoms. The van der Waals surface area contributed by atoms with E-state index in [1.165, 1.54) is 0 Å². The third-order valence-corrected chi connectivity index (χ3v) is 3.57. The smallest absolute Gasteiger partial charge is 0.323 e. The highest BCUT2D eigenvalue weighted by Crippen LogP contribution is 2.19. The van der Waals surface area contributed by atoms with Crippen LogP contribution in [0.1, 0.15) is 26.3 Å². The van der Waals surface area contributed by atoms with Crippen molar-refractivity contribution in [2.24, 2.45) is 0 Å². The standard InChI is InChI=1S/C16H24N2O3/c1-5-17(6-2)16(21)13(4)18(11-15(19)20)14-9-7-12(3)8-10-14/h7-10,13H,5-6,11H2,1-4H3,(H,19,20). The van der Waals surface area contributed by atoms with Gasteiger partial charge in [-0.25, -0.2) is 0 Å². The van der Waals surface area contributed by atoms with Crippen molar-refractivity contribution < 1.29 is 14.7 Å². The lowest BCUT2D eigenvalue weighted by Gasteiger charge is -2.32. The van der Waals surface area contributed by atoms with Gasteiger partial charge in [0, 0.05) is 18.8 Å². The maximum absolute atomic E-state index is 12.5. The Hall–Kier alpha value is -2.04. The fourth-order valence-corrected chi connectivity index (χ4v) is 2.27. The van der Waals surface area contributed by atoms with Crippen molar-refractivity contribution in [3.63, 3.8) is 0 Å². The van der Waals surface area contributed by atoms with Crippen LogP contribution in [0.5, 0.6) is 0 Å². The Morgan fingerprint density at radius 2 is 1.67 bits per heavy atom. The minimum absolute atomic E-state index is 0.0539. The van der Waals surface area contributed by atoms with Crippen molar-refractivity contribution >= 4 is 17.6 Å². The molecular formula is C16H24N2O3. The van der Waals surface area contributed by atoms with E-state index in [4.69, 9.17) is 5.11 Å². The van der Waals surface area contributed by atoms with Crippen LogP contribution < -0.4 is 4.90 Å². The predicted octanol–water partition coefficient (Wildman–Crippen LogP) is 2.14. The average Bonchev–Trinajstić information content (AvgIpc) is 2.46. The largest absolute Gasteiger partial charge is 0.480 e. The highest BCUT2D eigenvalue weighted by Gasteiger charge is 2.26. The molecule has 0 saturated carbocycles. The van der Waals surface area contributed by atoms with Crippen LogP contribution >= 0.6 is 0 Å². The maximum atomic E-state index is 12.5. The van der Waals surface area contributed by atoms with E-state index >= 15 is 0 Å². The van der Waals surface area contributed by atoms with Crippen LogP contribution in [0.25, 0.3) is 0 Å². The molecule has 1 unspecified atom stereocenters. The lowest BCUT2D eigenvalue weighted by atomic mass is 10.1. The third-order valence-electron chi connectivity index (χ3n) is 3.57. The summed E-state index contributed by atoms with van der Waals surface area (Å²) in [6.07, 6.45) is 0. The van der Waals surface area contributed by atoms with Gasteiger partial charge in [-0.05, 0) is 39.8 Å². The number of nitrogens with zero attached hydrogens (tertiary/aromatic N) is 2. The Kier molecular flexibility index (Phi) is 6.21. The minimum atomic E-state index is -0.949. The average molecular weight is 292 g/mol. The van der Waals surface area contributed by atoms with Gasteiger partial charge in [-0.15, -0.1) is 0 Å². The molecule has 0 radical (unpaired) electrons. The van der Waals surface area contributed by atoms with E-state index in [1.54, 1.807) is 16.7 Å². The molecule has 1 aromatic rings. The predicted molar refractivity (Wildman–Crippen MR) is 83.6 cm³/mol. The molecule has 5 nitrogen and oxygen atoms in total. The molecule has 116 valence electrons. The summed E-state index contributed by atoms with van der Waals surface area (Å²) < 4.78 is 0. The molecule has 1 N–H and O–H groups in total. The van der Waals surface area contributed by atoms with Crippen molar-refractivity contribution in [2.45, 2.75) is 33.7 Å². The molecule has 0 spiro atoms. The summed E-state index contributed by atoms with van der Waals surface area (Å²) in [4.78, 5) is 26.9. The van der Waals surface area contributed by atoms with Gasteiger partial charge < -0.3 is 14.9 Å². The second-order valence-electron chi connectivity index (χ2n) is 5.04. The number of likely N-dealkylation sites (N-methyl/N-ethyl adjacent to an activating group) is 1. The van der Waals surface area contributed by atoms with Crippen LogP contribution in [-0.4, -0.2) is 47.6 Å². The number of aliphatic carboxylic acids is 1. The molecule has 0 bridgehead atoms. The van der Waals surface area contributed by atoms with E-state index in [0.29, 0.717) is 13.1 Å². The highest BCUT2D eigenvalue weighted by atomic mass is 16.4. The summed E-state index contributed by atoms with van der Waals surface area (Å²) in [6, 6.07) is 7.02. The summed E-state index contributed by atoms with van der Waals surface area (Å²) in [7, 11) is 0. The van der Waals surface area contributed by atoms with Crippen molar-refractivity contribution in [1.82, 2.24) is 4.90 Å². The SMILES string of the molecule is CCN(CC)C(=O)C(C)N(CC(=O)O)c1ccc(C)cc1. The van der Waals surface area contributed by atoms with Crippen LogP contribution in [0.3, 0.4) is 0 Å². The number of anilines is 1. The first-order chi connectivity index (χ1) is 9.90. The van der Waals surface area contributed by atoms with Gasteiger partial charge in [0.1, 0.15) is 12.6 Å². The van der Waals surface area contributed by atoms with E-state index in [1.807, 2.05) is 45.0 Å². The fourth-order valence-electron chi connectivity index (χ4n) is 2.27. The van der Waals surface area contributed by atoms with Gasteiger partial charge in [-0.3, -0.25) is 9.59 Å². The summed E-state index contributed by atoms with van der Waals surface area (Å²) in [5.41, 5.74) is 1.84. The van der Waals surface area contributed by atoms with Gasteiger partial charge in [0.25, 0.3) is 0 Å². The molecule has 1 aromatic carbocycles. The second kappa shape index (κ2) is 7.67. The third kappa shape index (κ3) is 4.48. The Balaban J connectivity index is 3.04. The Morgan fingerprint density at radius 3 is 2.10 bits per heavy atom. The van der Waals surface area contributed by atoms with Crippen LogP contribution in [0.2, 0.25) is 0 Å². The first-order valence-corrected chi connectivity index (χ1v) is 7.24. The molecule has 1 atom stereocenters. The van der Waals surface area contributed by atoms with Crippen LogP contribution in [-0.2, 0) is 9.59 Å². The number of hydrogen-bond acceptors (Lipinski definition) is 3. The summed E-state index contributed by atoms with van der Waals surface area (Å²) in [6.45, 7) is 8.60. The molecule has 0 aliphatic heterocycles. The zero-order chi connectivity index (χ0) is 16.0. The fraction of sp³-hybridized carbons (Fsp3) is 0.500. The molecule has 0 saturated heterocycles. The number of hydrogen-bond donors (Lipinski definition) is 1. The molecule has 0 aliphatic rings. The van der Waals surface area contributed by atoms with Crippen LogP contribution in [0.4, 0.5) is 5.69 Å². The van der Waals surface area contributed by atoms with E-state index in [0.717, 1.165) is 11.3 Å². The van der Waals surface area contributed by atoms with Gasteiger partial charge in [-0.1, -0.05) is 17.7 Å². The molecule has 0 aliphatic carbocycles. The summed E-state index contributed by atoms with van der Waals surface area (Å²) in [5.74, 6) is -1.00. The quantitative estimate of drug-likeness (QED) is 0.836. The number of amides is 1. The van der Waals surface area contributed by atoms with Crippen molar-refractivity contribution in [3.05, 3.63) is 29.8 Å². The Bertz CT molecular complexity index is 481. The zero-order valence-corrected chi connectivity index (χ0v) is 13.2. The number of carboxylic acid groups (broad SMARTS) is 1. The van der Waals surface area contributed by atoms with Crippen molar-refractivity contribution in [2.75, 3.05) is 24.5 Å². The molecule has 0 heterocycles. The maximum Gasteiger partial charge on any atom is 0.323 e. The van der Waals surface area contributed by atoms with Crippen molar-refractivity contribution in [3.8, 4) is 0 Å². The van der Waals surface area contributed by atoms with Crippen LogP contribution in [0, 0.1) is 6.92 Å². The molecule has 0 aromatic heterocycles. The first kappa shape index (κ1) is 17.0. The van der Waals surface area contributed by atoms with Crippen LogP contribution in [0.15, 0.2) is 24.3 Å². The van der Waals surface area contributed by atoms with Gasteiger partial charge in [-0.2, -0.15) is 0 Å². The first-order valence-electron chi connectivity index (χ1n) is 7.24.